The highest BCUT2D eigenvalue weighted by Gasteiger charge is 2.14. The number of carbonyl (C=O) groups is 1. The van der Waals surface area contributed by atoms with Crippen LogP contribution in [0.5, 0.6) is 0 Å². The van der Waals surface area contributed by atoms with E-state index < -0.39 is 0 Å². The first-order valence-corrected chi connectivity index (χ1v) is 5.62. The molecule has 2 heteroatoms. The minimum atomic E-state index is -0.236. The second-order valence-electron chi connectivity index (χ2n) is 3.97. The standard InChI is InChI=1S/C12H20O2/c1-2-11(13)8-5-7-10-6-3-4-9-12(10)14/h7,12,14H,2-6,8-9H2,1H3/b10-7+. The van der Waals surface area contributed by atoms with E-state index in [2.05, 4.69) is 6.08 Å². The Bertz CT molecular complexity index is 218. The van der Waals surface area contributed by atoms with Crippen LogP contribution in [-0.4, -0.2) is 17.0 Å². The van der Waals surface area contributed by atoms with Gasteiger partial charge in [0.25, 0.3) is 0 Å². The maximum atomic E-state index is 11.0. The summed E-state index contributed by atoms with van der Waals surface area (Å²) in [5.41, 5.74) is 1.15. The third-order valence-corrected chi connectivity index (χ3v) is 2.85. The Labute approximate surface area is 86.0 Å². The van der Waals surface area contributed by atoms with E-state index in [0.717, 1.165) is 31.3 Å². The molecule has 0 aromatic heterocycles. The van der Waals surface area contributed by atoms with Crippen LogP contribution in [0.25, 0.3) is 0 Å². The van der Waals surface area contributed by atoms with Crippen LogP contribution in [0.3, 0.4) is 0 Å². The molecule has 14 heavy (non-hydrogen) atoms. The zero-order valence-electron chi connectivity index (χ0n) is 8.96. The Balaban J connectivity index is 2.31. The summed E-state index contributed by atoms with van der Waals surface area (Å²) in [5, 5.41) is 9.64. The van der Waals surface area contributed by atoms with E-state index >= 15 is 0 Å². The van der Waals surface area contributed by atoms with Crippen molar-refractivity contribution in [1.82, 2.24) is 0 Å². The van der Waals surface area contributed by atoms with E-state index in [-0.39, 0.29) is 6.10 Å². The monoisotopic (exact) mass is 196 g/mol. The van der Waals surface area contributed by atoms with Crippen molar-refractivity contribution < 1.29 is 9.90 Å². The van der Waals surface area contributed by atoms with Crippen molar-refractivity contribution in [3.05, 3.63) is 11.6 Å². The first kappa shape index (κ1) is 11.4. The molecule has 80 valence electrons. The molecule has 1 saturated carbocycles. The first-order valence-electron chi connectivity index (χ1n) is 5.62. The van der Waals surface area contributed by atoms with Crippen molar-refractivity contribution in [2.75, 3.05) is 0 Å². The molecule has 1 N–H and O–H groups in total. The van der Waals surface area contributed by atoms with Gasteiger partial charge >= 0.3 is 0 Å². The molecule has 1 aliphatic carbocycles. The lowest BCUT2D eigenvalue weighted by atomic mass is 9.91. The third-order valence-electron chi connectivity index (χ3n) is 2.85. The van der Waals surface area contributed by atoms with Gasteiger partial charge in [-0.1, -0.05) is 19.4 Å². The lowest BCUT2D eigenvalue weighted by molar-refractivity contribution is -0.118. The van der Waals surface area contributed by atoms with Gasteiger partial charge in [0.1, 0.15) is 5.78 Å². The van der Waals surface area contributed by atoms with Crippen LogP contribution in [0.4, 0.5) is 0 Å². The molecule has 0 radical (unpaired) electrons. The van der Waals surface area contributed by atoms with Crippen LogP contribution >= 0.6 is 0 Å². The van der Waals surface area contributed by atoms with E-state index in [4.69, 9.17) is 0 Å². The number of hydrogen-bond acceptors (Lipinski definition) is 2. The van der Waals surface area contributed by atoms with Gasteiger partial charge in [-0.25, -0.2) is 0 Å². The SMILES string of the molecule is CCC(=O)CC/C=C1\CCCCC1O. The van der Waals surface area contributed by atoms with Crippen LogP contribution in [0.2, 0.25) is 0 Å². The van der Waals surface area contributed by atoms with Gasteiger partial charge in [0.05, 0.1) is 6.10 Å². The molecule has 1 rings (SSSR count). The van der Waals surface area contributed by atoms with Crippen molar-refractivity contribution in [1.29, 1.82) is 0 Å². The van der Waals surface area contributed by atoms with Gasteiger partial charge in [-0.05, 0) is 31.3 Å². The molecule has 1 fully saturated rings. The van der Waals surface area contributed by atoms with Crippen LogP contribution in [-0.2, 0) is 4.79 Å². The summed E-state index contributed by atoms with van der Waals surface area (Å²) in [6, 6.07) is 0. The highest BCUT2D eigenvalue weighted by Crippen LogP contribution is 2.24. The Morgan fingerprint density at radius 3 is 3.00 bits per heavy atom. The molecule has 1 atom stereocenters. The highest BCUT2D eigenvalue weighted by atomic mass is 16.3. The first-order chi connectivity index (χ1) is 6.74. The third kappa shape index (κ3) is 3.62. The summed E-state index contributed by atoms with van der Waals surface area (Å²) in [5.74, 6) is 0.312. The van der Waals surface area contributed by atoms with Gasteiger partial charge in [0.15, 0.2) is 0 Å². The summed E-state index contributed by atoms with van der Waals surface area (Å²) in [6.45, 7) is 1.89. The van der Waals surface area contributed by atoms with Crippen LogP contribution < -0.4 is 0 Å². The van der Waals surface area contributed by atoms with Gasteiger partial charge in [0, 0.05) is 12.8 Å². The van der Waals surface area contributed by atoms with Crippen LogP contribution in [0, 0.1) is 0 Å². The van der Waals surface area contributed by atoms with E-state index in [1.54, 1.807) is 0 Å². The van der Waals surface area contributed by atoms with Crippen molar-refractivity contribution in [3.63, 3.8) is 0 Å². The molecule has 0 aromatic rings. The Kier molecular flexibility index (Phi) is 4.88. The van der Waals surface area contributed by atoms with Gasteiger partial charge in [-0.3, -0.25) is 4.79 Å². The molecule has 0 heterocycles. The zero-order valence-corrected chi connectivity index (χ0v) is 8.96. The van der Waals surface area contributed by atoms with Crippen LogP contribution in [0.15, 0.2) is 11.6 Å². The van der Waals surface area contributed by atoms with Gasteiger partial charge in [-0.2, -0.15) is 0 Å². The number of rotatable bonds is 4. The average molecular weight is 196 g/mol. The molecule has 0 amide bonds. The number of allylic oxidation sites excluding steroid dienone is 1. The molecule has 0 bridgehead atoms. The van der Waals surface area contributed by atoms with Crippen molar-refractivity contribution in [3.8, 4) is 0 Å². The molecule has 0 aromatic carbocycles. The molecule has 0 saturated heterocycles. The van der Waals surface area contributed by atoms with Gasteiger partial charge < -0.3 is 5.11 Å². The van der Waals surface area contributed by atoms with E-state index in [9.17, 15) is 9.90 Å². The number of Topliss-reactive ketones (excluding diaryl/α,β-unsaturated/α-hetero) is 1. The number of aliphatic hydroxyl groups excluding tert-OH is 1. The topological polar surface area (TPSA) is 37.3 Å². The number of carbonyl (C=O) groups excluding carboxylic acids is 1. The van der Waals surface area contributed by atoms with Gasteiger partial charge in [0.2, 0.25) is 0 Å². The average Bonchev–Trinajstić information content (AvgIpc) is 2.20. The second kappa shape index (κ2) is 5.97. The molecule has 0 aliphatic heterocycles. The molecule has 2 nitrogen and oxygen atoms in total. The Morgan fingerprint density at radius 2 is 2.36 bits per heavy atom. The highest BCUT2D eigenvalue weighted by molar-refractivity contribution is 5.78. The molecule has 0 spiro atoms. The lowest BCUT2D eigenvalue weighted by Gasteiger charge is -2.20. The van der Waals surface area contributed by atoms with Gasteiger partial charge in [-0.15, -0.1) is 0 Å². The molecule has 1 aliphatic rings. The predicted octanol–water partition coefficient (Wildman–Crippen LogP) is 2.61. The summed E-state index contributed by atoms with van der Waals surface area (Å²) in [4.78, 5) is 11.0. The van der Waals surface area contributed by atoms with E-state index in [1.807, 2.05) is 6.92 Å². The van der Waals surface area contributed by atoms with E-state index in [1.165, 1.54) is 6.42 Å². The fourth-order valence-corrected chi connectivity index (χ4v) is 1.85. The Hall–Kier alpha value is -0.630. The summed E-state index contributed by atoms with van der Waals surface area (Å²) >= 11 is 0. The van der Waals surface area contributed by atoms with Crippen molar-refractivity contribution >= 4 is 5.78 Å². The fraction of sp³-hybridized carbons (Fsp3) is 0.750. The Morgan fingerprint density at radius 1 is 1.57 bits per heavy atom. The summed E-state index contributed by atoms with van der Waals surface area (Å²) in [6.07, 6.45) is 8.13. The second-order valence-corrected chi connectivity index (χ2v) is 3.97. The predicted molar refractivity (Wildman–Crippen MR) is 57.1 cm³/mol. The molecular weight excluding hydrogens is 176 g/mol. The van der Waals surface area contributed by atoms with Crippen molar-refractivity contribution in [2.45, 2.75) is 58.0 Å². The number of hydrogen-bond donors (Lipinski definition) is 1. The summed E-state index contributed by atoms with van der Waals surface area (Å²) < 4.78 is 0. The zero-order chi connectivity index (χ0) is 10.4. The maximum Gasteiger partial charge on any atom is 0.132 e. The largest absolute Gasteiger partial charge is 0.389 e. The number of aliphatic hydroxyl groups is 1. The van der Waals surface area contributed by atoms with Crippen molar-refractivity contribution in [2.24, 2.45) is 0 Å². The van der Waals surface area contributed by atoms with E-state index in [0.29, 0.717) is 18.6 Å². The normalized spacial score (nSPS) is 25.3. The molecule has 1 unspecified atom stereocenters. The quantitative estimate of drug-likeness (QED) is 0.702. The molecular formula is C12H20O2. The smallest absolute Gasteiger partial charge is 0.132 e. The minimum Gasteiger partial charge on any atom is -0.389 e. The fourth-order valence-electron chi connectivity index (χ4n) is 1.85. The summed E-state index contributed by atoms with van der Waals surface area (Å²) in [7, 11) is 0. The maximum absolute atomic E-state index is 11.0. The van der Waals surface area contributed by atoms with Crippen LogP contribution in [0.1, 0.15) is 51.9 Å². The minimum absolute atomic E-state index is 0.236. The number of ketones is 1. The lowest BCUT2D eigenvalue weighted by Crippen LogP contribution is -2.14.